The van der Waals surface area contributed by atoms with Crippen molar-refractivity contribution in [1.29, 1.82) is 0 Å². The van der Waals surface area contributed by atoms with E-state index >= 15 is 0 Å². The second-order valence-corrected chi connectivity index (χ2v) is 11.8. The minimum absolute atomic E-state index is 0.954. The van der Waals surface area contributed by atoms with Gasteiger partial charge >= 0.3 is 0 Å². The standard InChI is InChI=1S/C42H28N2/c1-25-26(2)34-22-30(24-44-42(34)41-31(25)20-11-21-43-41)36-23-35(27-12-5-3-6-13-27)39-32-18-9-16-28-17-10-19-33(37(28)32)40(39)38(36)29-14-7-4-8-15-29/h3-24H,1-2H3. The molecular formula is C42H28N2. The lowest BCUT2D eigenvalue weighted by atomic mass is 9.82. The molecule has 0 spiro atoms. The zero-order valence-corrected chi connectivity index (χ0v) is 24.6. The van der Waals surface area contributed by atoms with Crippen molar-refractivity contribution in [2.45, 2.75) is 13.8 Å². The normalized spacial score (nSPS) is 11.9. The molecule has 44 heavy (non-hydrogen) atoms. The summed E-state index contributed by atoms with van der Waals surface area (Å²) in [5.74, 6) is 0. The Labute approximate surface area is 256 Å². The molecule has 0 saturated carbocycles. The maximum atomic E-state index is 5.13. The molecule has 206 valence electrons. The summed E-state index contributed by atoms with van der Waals surface area (Å²) in [5.41, 5.74) is 16.8. The highest BCUT2D eigenvalue weighted by Crippen LogP contribution is 2.57. The Morgan fingerprint density at radius 2 is 1.07 bits per heavy atom. The predicted octanol–water partition coefficient (Wildman–Crippen LogP) is 11.2. The molecule has 0 atom stereocenters. The number of aryl methyl sites for hydroxylation is 2. The van der Waals surface area contributed by atoms with Gasteiger partial charge in [-0.3, -0.25) is 9.97 Å². The summed E-state index contributed by atoms with van der Waals surface area (Å²) in [6, 6.07) is 44.0. The minimum Gasteiger partial charge on any atom is -0.254 e. The topological polar surface area (TPSA) is 25.8 Å². The van der Waals surface area contributed by atoms with E-state index in [1.807, 2.05) is 12.3 Å². The molecule has 2 aromatic heterocycles. The van der Waals surface area contributed by atoms with Crippen molar-refractivity contribution in [2.75, 3.05) is 0 Å². The SMILES string of the molecule is Cc1c(C)c2cc(-c3cc(-c4ccccc4)c4c(c3-c3ccccc3)-c3cccc5cccc-4c35)cnc2c2ncccc12. The summed E-state index contributed by atoms with van der Waals surface area (Å²) in [6.45, 7) is 4.41. The lowest BCUT2D eigenvalue weighted by Crippen LogP contribution is -1.97. The largest absolute Gasteiger partial charge is 0.254 e. The second-order valence-electron chi connectivity index (χ2n) is 11.8. The summed E-state index contributed by atoms with van der Waals surface area (Å²) in [6.07, 6.45) is 3.92. The van der Waals surface area contributed by atoms with Gasteiger partial charge in [0.2, 0.25) is 0 Å². The van der Waals surface area contributed by atoms with Crippen molar-refractivity contribution in [3.05, 3.63) is 145 Å². The Morgan fingerprint density at radius 1 is 0.432 bits per heavy atom. The zero-order chi connectivity index (χ0) is 29.4. The summed E-state index contributed by atoms with van der Waals surface area (Å²) in [7, 11) is 0. The van der Waals surface area contributed by atoms with Crippen LogP contribution in [0.5, 0.6) is 0 Å². The number of hydrogen-bond acceptors (Lipinski definition) is 2. The highest BCUT2D eigenvalue weighted by molar-refractivity contribution is 6.23. The van der Waals surface area contributed by atoms with E-state index < -0.39 is 0 Å². The van der Waals surface area contributed by atoms with Crippen LogP contribution in [0.3, 0.4) is 0 Å². The van der Waals surface area contributed by atoms with E-state index in [1.165, 1.54) is 72.0 Å². The first-order valence-corrected chi connectivity index (χ1v) is 15.2. The van der Waals surface area contributed by atoms with Crippen molar-refractivity contribution in [3.63, 3.8) is 0 Å². The van der Waals surface area contributed by atoms with Gasteiger partial charge < -0.3 is 0 Å². The summed E-state index contributed by atoms with van der Waals surface area (Å²) in [4.78, 5) is 9.90. The van der Waals surface area contributed by atoms with Gasteiger partial charge in [0.15, 0.2) is 0 Å². The van der Waals surface area contributed by atoms with Gasteiger partial charge in [-0.05, 0) is 104 Å². The fourth-order valence-corrected chi connectivity index (χ4v) is 7.35. The van der Waals surface area contributed by atoms with E-state index in [0.717, 1.165) is 27.4 Å². The highest BCUT2D eigenvalue weighted by atomic mass is 14.7. The third-order valence-electron chi connectivity index (χ3n) is 9.52. The average molecular weight is 561 g/mol. The second kappa shape index (κ2) is 9.45. The van der Waals surface area contributed by atoms with Gasteiger partial charge in [-0.25, -0.2) is 0 Å². The van der Waals surface area contributed by atoms with Gasteiger partial charge in [0, 0.05) is 28.7 Å². The van der Waals surface area contributed by atoms with Crippen molar-refractivity contribution < 1.29 is 0 Å². The van der Waals surface area contributed by atoms with Crippen LogP contribution < -0.4 is 0 Å². The molecular weight excluding hydrogens is 532 g/mol. The smallest absolute Gasteiger partial charge is 0.0967 e. The molecule has 2 heterocycles. The fourth-order valence-electron chi connectivity index (χ4n) is 7.35. The monoisotopic (exact) mass is 560 g/mol. The third-order valence-corrected chi connectivity index (χ3v) is 9.52. The van der Waals surface area contributed by atoms with Crippen LogP contribution in [0.15, 0.2) is 134 Å². The van der Waals surface area contributed by atoms with E-state index in [1.54, 1.807) is 0 Å². The molecule has 0 N–H and O–H groups in total. The van der Waals surface area contributed by atoms with Crippen molar-refractivity contribution in [1.82, 2.24) is 9.97 Å². The number of hydrogen-bond donors (Lipinski definition) is 0. The predicted molar refractivity (Wildman–Crippen MR) is 185 cm³/mol. The molecule has 0 unspecified atom stereocenters. The van der Waals surface area contributed by atoms with E-state index in [-0.39, 0.29) is 0 Å². The molecule has 0 saturated heterocycles. The van der Waals surface area contributed by atoms with Crippen LogP contribution in [-0.2, 0) is 0 Å². The van der Waals surface area contributed by atoms with Gasteiger partial charge in [-0.2, -0.15) is 0 Å². The highest BCUT2D eigenvalue weighted by Gasteiger charge is 2.30. The van der Waals surface area contributed by atoms with Crippen molar-refractivity contribution in [3.8, 4) is 55.6 Å². The van der Waals surface area contributed by atoms with E-state index in [2.05, 4.69) is 135 Å². The van der Waals surface area contributed by atoms with Crippen LogP contribution in [0.4, 0.5) is 0 Å². The Morgan fingerprint density at radius 3 is 1.82 bits per heavy atom. The number of benzene rings is 6. The number of nitrogens with zero attached hydrogens (tertiary/aromatic N) is 2. The minimum atomic E-state index is 0.954. The maximum absolute atomic E-state index is 5.13. The third kappa shape index (κ3) is 3.49. The number of aromatic nitrogens is 2. The first-order chi connectivity index (χ1) is 21.7. The van der Waals surface area contributed by atoms with E-state index in [9.17, 15) is 0 Å². The Balaban J connectivity index is 1.45. The van der Waals surface area contributed by atoms with Crippen LogP contribution in [0.1, 0.15) is 11.1 Å². The summed E-state index contributed by atoms with van der Waals surface area (Å²) in [5, 5.41) is 4.92. The number of fused-ring (bicyclic) bond motifs is 6. The lowest BCUT2D eigenvalue weighted by molar-refractivity contribution is 1.33. The molecule has 6 aromatic carbocycles. The van der Waals surface area contributed by atoms with Crippen LogP contribution in [0.25, 0.3) is 88.2 Å². The zero-order valence-electron chi connectivity index (χ0n) is 24.6. The molecule has 1 aliphatic rings. The van der Waals surface area contributed by atoms with Crippen LogP contribution in [0.2, 0.25) is 0 Å². The lowest BCUT2D eigenvalue weighted by Gasteiger charge is -2.21. The van der Waals surface area contributed by atoms with E-state index in [4.69, 9.17) is 9.97 Å². The quantitative estimate of drug-likeness (QED) is 0.201. The van der Waals surface area contributed by atoms with E-state index in [0.29, 0.717) is 0 Å². The maximum Gasteiger partial charge on any atom is 0.0967 e. The van der Waals surface area contributed by atoms with Gasteiger partial charge in [-0.15, -0.1) is 0 Å². The summed E-state index contributed by atoms with van der Waals surface area (Å²) < 4.78 is 0. The van der Waals surface area contributed by atoms with Gasteiger partial charge in [0.25, 0.3) is 0 Å². The van der Waals surface area contributed by atoms with Crippen LogP contribution >= 0.6 is 0 Å². The molecule has 0 radical (unpaired) electrons. The average Bonchev–Trinajstić information content (AvgIpc) is 3.43. The molecule has 8 aromatic rings. The molecule has 2 heteroatoms. The molecule has 0 amide bonds. The molecule has 1 aliphatic carbocycles. The Hall–Kier alpha value is -5.60. The van der Waals surface area contributed by atoms with Gasteiger partial charge in [-0.1, -0.05) is 103 Å². The molecule has 0 bridgehead atoms. The Kier molecular flexibility index (Phi) is 5.36. The molecule has 9 rings (SSSR count). The van der Waals surface area contributed by atoms with Crippen LogP contribution in [0, 0.1) is 13.8 Å². The van der Waals surface area contributed by atoms with Gasteiger partial charge in [0.1, 0.15) is 0 Å². The molecule has 2 nitrogen and oxygen atoms in total. The van der Waals surface area contributed by atoms with Gasteiger partial charge in [0.05, 0.1) is 11.0 Å². The van der Waals surface area contributed by atoms with Crippen LogP contribution in [-0.4, -0.2) is 9.97 Å². The number of pyridine rings is 2. The van der Waals surface area contributed by atoms with Crippen molar-refractivity contribution in [2.24, 2.45) is 0 Å². The fraction of sp³-hybridized carbons (Fsp3) is 0.0476. The number of rotatable bonds is 3. The first-order valence-electron chi connectivity index (χ1n) is 15.2. The summed E-state index contributed by atoms with van der Waals surface area (Å²) >= 11 is 0. The van der Waals surface area contributed by atoms with Crippen molar-refractivity contribution >= 4 is 32.6 Å². The molecule has 0 fully saturated rings. The molecule has 0 aliphatic heterocycles. The first kappa shape index (κ1) is 24.9. The Bertz CT molecular complexity index is 2440.